The van der Waals surface area contributed by atoms with Gasteiger partial charge >= 0.3 is 0 Å². The topological polar surface area (TPSA) is 68.9 Å². The van der Waals surface area contributed by atoms with Gasteiger partial charge in [0.25, 0.3) is 0 Å². The number of aryl methyl sites for hydroxylation is 1. The van der Waals surface area contributed by atoms with Crippen molar-refractivity contribution >= 4 is 29.9 Å². The summed E-state index contributed by atoms with van der Waals surface area (Å²) in [5.41, 5.74) is 7.97. The first-order valence-corrected chi connectivity index (χ1v) is 6.25. The zero-order chi connectivity index (χ0) is 14.3. The van der Waals surface area contributed by atoms with E-state index in [2.05, 4.69) is 10.3 Å². The van der Waals surface area contributed by atoms with Crippen molar-refractivity contribution in [1.29, 1.82) is 0 Å². The SMILES string of the molecule is COCC(C)NC(N)=NCc1ccc(C)c(OC)c1.I. The second-order valence-electron chi connectivity index (χ2n) is 4.51. The number of nitrogens with two attached hydrogens (primary N) is 1. The third-order valence-corrected chi connectivity index (χ3v) is 2.72. The van der Waals surface area contributed by atoms with Gasteiger partial charge < -0.3 is 20.5 Å². The van der Waals surface area contributed by atoms with Crippen molar-refractivity contribution in [3.05, 3.63) is 29.3 Å². The highest BCUT2D eigenvalue weighted by atomic mass is 127. The van der Waals surface area contributed by atoms with E-state index in [0.717, 1.165) is 16.9 Å². The Morgan fingerprint density at radius 3 is 2.70 bits per heavy atom. The second-order valence-corrected chi connectivity index (χ2v) is 4.51. The molecule has 1 atom stereocenters. The molecule has 0 saturated carbocycles. The van der Waals surface area contributed by atoms with Crippen LogP contribution in [0.4, 0.5) is 0 Å². The van der Waals surface area contributed by atoms with Crippen molar-refractivity contribution in [3.63, 3.8) is 0 Å². The molecule has 0 aliphatic heterocycles. The van der Waals surface area contributed by atoms with Crippen molar-refractivity contribution in [2.75, 3.05) is 20.8 Å². The molecule has 1 unspecified atom stereocenters. The molecule has 0 spiro atoms. The summed E-state index contributed by atoms with van der Waals surface area (Å²) in [4.78, 5) is 4.29. The highest BCUT2D eigenvalue weighted by molar-refractivity contribution is 14.0. The lowest BCUT2D eigenvalue weighted by Gasteiger charge is -2.13. The lowest BCUT2D eigenvalue weighted by Crippen LogP contribution is -2.40. The Kier molecular flexibility index (Phi) is 9.32. The fourth-order valence-corrected chi connectivity index (χ4v) is 1.73. The van der Waals surface area contributed by atoms with Crippen molar-refractivity contribution in [2.45, 2.75) is 26.4 Å². The predicted molar refractivity (Wildman–Crippen MR) is 92.9 cm³/mol. The van der Waals surface area contributed by atoms with Gasteiger partial charge in [0, 0.05) is 13.2 Å². The number of guanidine groups is 1. The largest absolute Gasteiger partial charge is 0.496 e. The Morgan fingerprint density at radius 1 is 1.40 bits per heavy atom. The standard InChI is InChI=1S/C14H23N3O2.HI/c1-10-5-6-12(7-13(10)19-4)8-16-14(15)17-11(2)9-18-3;/h5-7,11H,8-9H2,1-4H3,(H3,15,16,17);1H. The van der Waals surface area contributed by atoms with Crippen molar-refractivity contribution in [1.82, 2.24) is 5.32 Å². The Labute approximate surface area is 138 Å². The van der Waals surface area contributed by atoms with Crippen LogP contribution in [0.5, 0.6) is 5.75 Å². The number of benzene rings is 1. The molecule has 0 radical (unpaired) electrons. The minimum Gasteiger partial charge on any atom is -0.496 e. The molecule has 0 saturated heterocycles. The van der Waals surface area contributed by atoms with Gasteiger partial charge in [-0.1, -0.05) is 12.1 Å². The summed E-state index contributed by atoms with van der Waals surface area (Å²) in [6.07, 6.45) is 0. The van der Waals surface area contributed by atoms with E-state index in [0.29, 0.717) is 19.1 Å². The maximum atomic E-state index is 5.81. The normalized spacial score (nSPS) is 12.5. The molecule has 0 fully saturated rings. The van der Waals surface area contributed by atoms with Gasteiger partial charge in [-0.25, -0.2) is 4.99 Å². The average Bonchev–Trinajstić information content (AvgIpc) is 2.38. The van der Waals surface area contributed by atoms with Gasteiger partial charge in [-0.05, 0) is 31.0 Å². The monoisotopic (exact) mass is 393 g/mol. The number of aliphatic imine (C=N–C) groups is 1. The number of hydrogen-bond donors (Lipinski definition) is 2. The highest BCUT2D eigenvalue weighted by Gasteiger charge is 2.03. The molecule has 20 heavy (non-hydrogen) atoms. The summed E-state index contributed by atoms with van der Waals surface area (Å²) in [6, 6.07) is 6.15. The lowest BCUT2D eigenvalue weighted by molar-refractivity contribution is 0.179. The van der Waals surface area contributed by atoms with Gasteiger partial charge in [0.05, 0.1) is 20.3 Å². The number of nitrogens with zero attached hydrogens (tertiary/aromatic N) is 1. The summed E-state index contributed by atoms with van der Waals surface area (Å²) in [5, 5.41) is 3.06. The first-order chi connectivity index (χ1) is 9.06. The van der Waals surface area contributed by atoms with Crippen LogP contribution < -0.4 is 15.8 Å². The predicted octanol–water partition coefficient (Wildman–Crippen LogP) is 2.06. The van der Waals surface area contributed by atoms with E-state index in [1.54, 1.807) is 14.2 Å². The van der Waals surface area contributed by atoms with E-state index < -0.39 is 0 Å². The first kappa shape index (κ1) is 19.0. The summed E-state index contributed by atoms with van der Waals surface area (Å²) in [7, 11) is 3.32. The third kappa shape index (κ3) is 6.42. The molecule has 1 aromatic rings. The maximum Gasteiger partial charge on any atom is 0.189 e. The zero-order valence-electron chi connectivity index (χ0n) is 12.5. The molecule has 3 N–H and O–H groups in total. The molecule has 0 bridgehead atoms. The Hall–Kier alpha value is -1.02. The van der Waals surface area contributed by atoms with Crippen LogP contribution >= 0.6 is 24.0 Å². The number of ether oxygens (including phenoxy) is 2. The Bertz CT molecular complexity index is 438. The second kappa shape index (κ2) is 9.82. The molecule has 1 aromatic carbocycles. The highest BCUT2D eigenvalue weighted by Crippen LogP contribution is 2.19. The minimum atomic E-state index is 0. The quantitative estimate of drug-likeness (QED) is 0.441. The van der Waals surface area contributed by atoms with Gasteiger partial charge in [0.2, 0.25) is 0 Å². The van der Waals surface area contributed by atoms with E-state index >= 15 is 0 Å². The Balaban J connectivity index is 0.00000361. The lowest BCUT2D eigenvalue weighted by atomic mass is 10.1. The van der Waals surface area contributed by atoms with Crippen LogP contribution in [0.1, 0.15) is 18.1 Å². The molecular formula is C14H24IN3O2. The van der Waals surface area contributed by atoms with E-state index in [1.807, 2.05) is 32.0 Å². The van der Waals surface area contributed by atoms with Gasteiger partial charge in [-0.15, -0.1) is 24.0 Å². The van der Waals surface area contributed by atoms with Crippen LogP contribution in [0, 0.1) is 6.92 Å². The molecule has 0 aliphatic carbocycles. The van der Waals surface area contributed by atoms with Crippen LogP contribution in [0.25, 0.3) is 0 Å². The molecule has 1 rings (SSSR count). The number of hydrogen-bond acceptors (Lipinski definition) is 3. The molecule has 0 amide bonds. The molecule has 6 heteroatoms. The summed E-state index contributed by atoms with van der Waals surface area (Å²) >= 11 is 0. The zero-order valence-corrected chi connectivity index (χ0v) is 14.8. The minimum absolute atomic E-state index is 0. The molecule has 0 aromatic heterocycles. The molecule has 114 valence electrons. The van der Waals surface area contributed by atoms with Gasteiger partial charge in [0.15, 0.2) is 5.96 Å². The summed E-state index contributed by atoms with van der Waals surface area (Å²) in [6.45, 7) is 5.11. The molecule has 0 heterocycles. The summed E-state index contributed by atoms with van der Waals surface area (Å²) < 4.78 is 10.3. The molecule has 5 nitrogen and oxygen atoms in total. The van der Waals surface area contributed by atoms with Crippen LogP contribution in [-0.4, -0.2) is 32.8 Å². The van der Waals surface area contributed by atoms with Crippen LogP contribution in [0.3, 0.4) is 0 Å². The van der Waals surface area contributed by atoms with Gasteiger partial charge in [-0.2, -0.15) is 0 Å². The van der Waals surface area contributed by atoms with Gasteiger partial charge in [0.1, 0.15) is 5.75 Å². The van der Waals surface area contributed by atoms with E-state index in [-0.39, 0.29) is 30.0 Å². The average molecular weight is 393 g/mol. The maximum absolute atomic E-state index is 5.81. The fourth-order valence-electron chi connectivity index (χ4n) is 1.73. The van der Waals surface area contributed by atoms with Crippen LogP contribution in [-0.2, 0) is 11.3 Å². The van der Waals surface area contributed by atoms with E-state index in [9.17, 15) is 0 Å². The van der Waals surface area contributed by atoms with Crippen molar-refractivity contribution < 1.29 is 9.47 Å². The first-order valence-electron chi connectivity index (χ1n) is 6.25. The fraction of sp³-hybridized carbons (Fsp3) is 0.500. The van der Waals surface area contributed by atoms with Crippen molar-refractivity contribution in [3.8, 4) is 5.75 Å². The number of rotatable bonds is 6. The number of halogens is 1. The van der Waals surface area contributed by atoms with Gasteiger partial charge in [-0.3, -0.25) is 0 Å². The smallest absolute Gasteiger partial charge is 0.189 e. The number of methoxy groups -OCH3 is 2. The summed E-state index contributed by atoms with van der Waals surface area (Å²) in [5.74, 6) is 1.29. The van der Waals surface area contributed by atoms with E-state index in [1.165, 1.54) is 0 Å². The third-order valence-electron chi connectivity index (χ3n) is 2.72. The Morgan fingerprint density at radius 2 is 2.10 bits per heavy atom. The van der Waals surface area contributed by atoms with Crippen LogP contribution in [0.2, 0.25) is 0 Å². The van der Waals surface area contributed by atoms with Crippen LogP contribution in [0.15, 0.2) is 23.2 Å². The van der Waals surface area contributed by atoms with Crippen molar-refractivity contribution in [2.24, 2.45) is 10.7 Å². The van der Waals surface area contributed by atoms with E-state index in [4.69, 9.17) is 15.2 Å². The number of nitrogens with one attached hydrogen (secondary N) is 1. The molecule has 0 aliphatic rings. The molecular weight excluding hydrogens is 369 g/mol.